The van der Waals surface area contributed by atoms with Crippen LogP contribution < -0.4 is 10.1 Å². The first kappa shape index (κ1) is 20.6. The van der Waals surface area contributed by atoms with E-state index in [2.05, 4.69) is 5.32 Å². The smallest absolute Gasteiger partial charge is 0.253 e. The molecule has 6 heteroatoms. The zero-order valence-corrected chi connectivity index (χ0v) is 16.8. The molecule has 1 aromatic carbocycles. The van der Waals surface area contributed by atoms with Crippen molar-refractivity contribution in [3.05, 3.63) is 29.8 Å². The van der Waals surface area contributed by atoms with Gasteiger partial charge in [0.05, 0.1) is 12.7 Å². The highest BCUT2D eigenvalue weighted by atomic mass is 16.5. The Balaban J connectivity index is 1.38. The molecule has 6 nitrogen and oxygen atoms in total. The van der Waals surface area contributed by atoms with Gasteiger partial charge in [0.15, 0.2) is 0 Å². The monoisotopic (exact) mass is 388 g/mol. The number of benzene rings is 1. The number of nitrogens with zero attached hydrogens (tertiary/aromatic N) is 1. The van der Waals surface area contributed by atoms with Crippen LogP contribution in [0.4, 0.5) is 0 Å². The fourth-order valence-corrected chi connectivity index (χ4v) is 3.96. The summed E-state index contributed by atoms with van der Waals surface area (Å²) < 4.78 is 11.2. The molecule has 1 saturated carbocycles. The predicted molar refractivity (Wildman–Crippen MR) is 108 cm³/mol. The molecule has 1 aliphatic heterocycles. The minimum Gasteiger partial charge on any atom is -0.494 e. The first-order chi connectivity index (χ1) is 13.7. The Hall–Kier alpha value is -2.08. The Kier molecular flexibility index (Phi) is 7.71. The van der Waals surface area contributed by atoms with Gasteiger partial charge in [-0.15, -0.1) is 0 Å². The summed E-state index contributed by atoms with van der Waals surface area (Å²) in [5.41, 5.74) is 0.673. The Morgan fingerprint density at radius 3 is 2.36 bits per heavy atom. The summed E-state index contributed by atoms with van der Waals surface area (Å²) in [4.78, 5) is 26.7. The van der Waals surface area contributed by atoms with Crippen LogP contribution in [0.25, 0.3) is 0 Å². The van der Waals surface area contributed by atoms with E-state index in [4.69, 9.17) is 9.47 Å². The molecule has 2 amide bonds. The van der Waals surface area contributed by atoms with Gasteiger partial charge in [0, 0.05) is 24.7 Å². The van der Waals surface area contributed by atoms with Crippen LogP contribution in [0.15, 0.2) is 24.3 Å². The van der Waals surface area contributed by atoms with Gasteiger partial charge in [0.25, 0.3) is 5.91 Å². The number of hydrogen-bond donors (Lipinski definition) is 1. The van der Waals surface area contributed by atoms with Gasteiger partial charge in [-0.2, -0.15) is 0 Å². The third kappa shape index (κ3) is 5.96. The number of carbonyl (C=O) groups excluding carboxylic acids is 2. The van der Waals surface area contributed by atoms with Gasteiger partial charge in [-0.05, 0) is 56.9 Å². The maximum atomic E-state index is 12.7. The van der Waals surface area contributed by atoms with E-state index in [-0.39, 0.29) is 30.6 Å². The largest absolute Gasteiger partial charge is 0.494 e. The van der Waals surface area contributed by atoms with Crippen molar-refractivity contribution in [2.45, 2.75) is 64.0 Å². The molecule has 154 valence electrons. The molecule has 1 aliphatic carbocycles. The first-order valence-electron chi connectivity index (χ1n) is 10.6. The molecule has 28 heavy (non-hydrogen) atoms. The molecule has 0 radical (unpaired) electrons. The topological polar surface area (TPSA) is 67.9 Å². The van der Waals surface area contributed by atoms with Crippen LogP contribution in [-0.2, 0) is 9.53 Å². The minimum atomic E-state index is -0.0399. The molecule has 3 rings (SSSR count). The highest BCUT2D eigenvalue weighted by Gasteiger charge is 2.25. The Bertz CT molecular complexity index is 632. The number of carbonyl (C=O) groups is 2. The second kappa shape index (κ2) is 10.5. The first-order valence-corrected chi connectivity index (χ1v) is 10.6. The van der Waals surface area contributed by atoms with Crippen molar-refractivity contribution in [1.29, 1.82) is 0 Å². The van der Waals surface area contributed by atoms with Gasteiger partial charge in [-0.3, -0.25) is 9.59 Å². The van der Waals surface area contributed by atoms with Crippen molar-refractivity contribution in [2.24, 2.45) is 0 Å². The second-order valence-corrected chi connectivity index (χ2v) is 7.66. The van der Waals surface area contributed by atoms with Crippen LogP contribution in [0.3, 0.4) is 0 Å². The quantitative estimate of drug-likeness (QED) is 0.779. The van der Waals surface area contributed by atoms with E-state index in [0.717, 1.165) is 31.4 Å². The van der Waals surface area contributed by atoms with Gasteiger partial charge in [0.1, 0.15) is 12.4 Å². The normalized spacial score (nSPS) is 18.7. The maximum Gasteiger partial charge on any atom is 0.253 e. The van der Waals surface area contributed by atoms with Crippen LogP contribution in [0.1, 0.15) is 62.2 Å². The summed E-state index contributed by atoms with van der Waals surface area (Å²) in [6, 6.07) is 7.39. The fourth-order valence-electron chi connectivity index (χ4n) is 3.96. The van der Waals surface area contributed by atoms with Crippen molar-refractivity contribution in [1.82, 2.24) is 10.2 Å². The molecule has 1 heterocycles. The third-order valence-corrected chi connectivity index (χ3v) is 5.56. The van der Waals surface area contributed by atoms with E-state index < -0.39 is 0 Å². The Labute approximate surface area is 167 Å². The standard InChI is InChI=1S/C22H32N2O4/c1-2-27-20-10-8-17(9-11-20)22(26)24-14-12-18(13-15-24)23-21(25)16-28-19-6-4-3-5-7-19/h8-11,18-19H,2-7,12-16H2,1H3,(H,23,25). The van der Waals surface area contributed by atoms with Crippen LogP contribution in [0, 0.1) is 0 Å². The maximum absolute atomic E-state index is 12.7. The van der Waals surface area contributed by atoms with Crippen molar-refractivity contribution in [2.75, 3.05) is 26.3 Å². The number of piperidine rings is 1. The lowest BCUT2D eigenvalue weighted by atomic mass is 9.98. The van der Waals surface area contributed by atoms with Gasteiger partial charge < -0.3 is 19.7 Å². The molecule has 1 N–H and O–H groups in total. The zero-order chi connectivity index (χ0) is 19.8. The summed E-state index contributed by atoms with van der Waals surface area (Å²) in [6.45, 7) is 4.00. The summed E-state index contributed by atoms with van der Waals surface area (Å²) in [7, 11) is 0. The van der Waals surface area contributed by atoms with E-state index in [1.165, 1.54) is 19.3 Å². The molecule has 2 aliphatic rings. The average molecular weight is 389 g/mol. The lowest BCUT2D eigenvalue weighted by Gasteiger charge is -2.32. The number of hydrogen-bond acceptors (Lipinski definition) is 4. The van der Waals surface area contributed by atoms with Gasteiger partial charge >= 0.3 is 0 Å². The van der Waals surface area contributed by atoms with Crippen molar-refractivity contribution < 1.29 is 19.1 Å². The van der Waals surface area contributed by atoms with Crippen LogP contribution in [-0.4, -0.2) is 55.2 Å². The van der Waals surface area contributed by atoms with E-state index in [9.17, 15) is 9.59 Å². The molecule has 0 aromatic heterocycles. The molecule has 2 fully saturated rings. The van der Waals surface area contributed by atoms with Crippen molar-refractivity contribution in [3.63, 3.8) is 0 Å². The SMILES string of the molecule is CCOc1ccc(C(=O)N2CCC(NC(=O)COC3CCCCC3)CC2)cc1. The number of nitrogens with one attached hydrogen (secondary N) is 1. The predicted octanol–water partition coefficient (Wildman–Crippen LogP) is 3.16. The van der Waals surface area contributed by atoms with Crippen LogP contribution >= 0.6 is 0 Å². The molecular weight excluding hydrogens is 356 g/mol. The van der Waals surface area contributed by atoms with Crippen LogP contribution in [0.2, 0.25) is 0 Å². The summed E-state index contributed by atoms with van der Waals surface area (Å²) in [5.74, 6) is 0.770. The Morgan fingerprint density at radius 1 is 1.04 bits per heavy atom. The lowest BCUT2D eigenvalue weighted by Crippen LogP contribution is -2.47. The van der Waals surface area contributed by atoms with Gasteiger partial charge in [-0.1, -0.05) is 19.3 Å². The fraction of sp³-hybridized carbons (Fsp3) is 0.636. The van der Waals surface area contributed by atoms with E-state index in [1.54, 1.807) is 0 Å². The van der Waals surface area contributed by atoms with Crippen molar-refractivity contribution in [3.8, 4) is 5.75 Å². The number of amides is 2. The molecule has 1 saturated heterocycles. The highest BCUT2D eigenvalue weighted by Crippen LogP contribution is 2.20. The van der Waals surface area contributed by atoms with Gasteiger partial charge in [0.2, 0.25) is 5.91 Å². The van der Waals surface area contributed by atoms with E-state index in [0.29, 0.717) is 25.3 Å². The molecule has 0 unspecified atom stereocenters. The lowest BCUT2D eigenvalue weighted by molar-refractivity contribution is -0.129. The average Bonchev–Trinajstić information content (AvgIpc) is 2.74. The van der Waals surface area contributed by atoms with Crippen LogP contribution in [0.5, 0.6) is 5.75 Å². The van der Waals surface area contributed by atoms with E-state index >= 15 is 0 Å². The van der Waals surface area contributed by atoms with E-state index in [1.807, 2.05) is 36.1 Å². The Morgan fingerprint density at radius 2 is 1.71 bits per heavy atom. The number of ether oxygens (including phenoxy) is 2. The third-order valence-electron chi connectivity index (χ3n) is 5.56. The second-order valence-electron chi connectivity index (χ2n) is 7.66. The summed E-state index contributed by atoms with van der Waals surface area (Å²) in [6.07, 6.45) is 7.61. The number of rotatable bonds is 7. The molecular formula is C22H32N2O4. The molecule has 0 atom stereocenters. The number of likely N-dealkylation sites (tertiary alicyclic amines) is 1. The van der Waals surface area contributed by atoms with Crippen molar-refractivity contribution >= 4 is 11.8 Å². The molecule has 1 aromatic rings. The van der Waals surface area contributed by atoms with Gasteiger partial charge in [-0.25, -0.2) is 0 Å². The summed E-state index contributed by atoms with van der Waals surface area (Å²) in [5, 5.41) is 3.06. The molecule has 0 bridgehead atoms. The zero-order valence-electron chi connectivity index (χ0n) is 16.8. The summed E-state index contributed by atoms with van der Waals surface area (Å²) >= 11 is 0. The minimum absolute atomic E-state index is 0.0356. The highest BCUT2D eigenvalue weighted by molar-refractivity contribution is 5.94. The molecule has 0 spiro atoms.